The Labute approximate surface area is 197 Å². The lowest BCUT2D eigenvalue weighted by atomic mass is 10.1. The third-order valence-electron chi connectivity index (χ3n) is 5.72. The van der Waals surface area contributed by atoms with Gasteiger partial charge in [0.05, 0.1) is 5.56 Å². The molecule has 2 aromatic carbocycles. The van der Waals surface area contributed by atoms with E-state index in [1.165, 1.54) is 0 Å². The first kappa shape index (κ1) is 22.6. The summed E-state index contributed by atoms with van der Waals surface area (Å²) in [5.41, 5.74) is 3.07. The second kappa shape index (κ2) is 9.94. The Morgan fingerprint density at radius 1 is 1.09 bits per heavy atom. The zero-order valence-electron chi connectivity index (χ0n) is 18.1. The van der Waals surface area contributed by atoms with E-state index in [-0.39, 0.29) is 12.5 Å². The van der Waals surface area contributed by atoms with Gasteiger partial charge >= 0.3 is 0 Å². The number of amides is 1. The normalized spacial score (nSPS) is 14.6. The maximum atomic E-state index is 13.2. The van der Waals surface area contributed by atoms with E-state index in [4.69, 9.17) is 32.5 Å². The van der Waals surface area contributed by atoms with Crippen molar-refractivity contribution < 1.29 is 14.1 Å². The number of hydrogen-bond donors (Lipinski definition) is 0. The van der Waals surface area contributed by atoms with E-state index < -0.39 is 0 Å². The fourth-order valence-corrected chi connectivity index (χ4v) is 4.22. The van der Waals surface area contributed by atoms with E-state index in [0.717, 1.165) is 36.5 Å². The number of piperazine rings is 1. The summed E-state index contributed by atoms with van der Waals surface area (Å²) in [7, 11) is 0. The Morgan fingerprint density at radius 2 is 1.84 bits per heavy atom. The number of halogens is 2. The number of benzene rings is 2. The molecule has 0 atom stereocenters. The van der Waals surface area contributed by atoms with Crippen LogP contribution in [0, 0.1) is 13.8 Å². The highest BCUT2D eigenvalue weighted by Gasteiger charge is 2.28. The van der Waals surface area contributed by atoms with Crippen molar-refractivity contribution in [3.05, 3.63) is 80.7 Å². The summed E-state index contributed by atoms with van der Waals surface area (Å²) in [4.78, 5) is 17.2. The summed E-state index contributed by atoms with van der Waals surface area (Å²) in [5, 5.41) is 5.33. The fraction of sp³-hybridized carbons (Fsp3) is 0.333. The quantitative estimate of drug-likeness (QED) is 0.496. The number of nitrogens with zero attached hydrogens (tertiary/aromatic N) is 3. The number of hydrogen-bond acceptors (Lipinski definition) is 5. The molecule has 2 heterocycles. The lowest BCUT2D eigenvalue weighted by molar-refractivity contribution is 0.0616. The number of aromatic nitrogens is 1. The van der Waals surface area contributed by atoms with Crippen LogP contribution in [0.3, 0.4) is 0 Å². The van der Waals surface area contributed by atoms with Crippen molar-refractivity contribution in [3.63, 3.8) is 0 Å². The molecule has 0 unspecified atom stereocenters. The van der Waals surface area contributed by atoms with Gasteiger partial charge in [-0.3, -0.25) is 9.69 Å². The first-order valence-electron chi connectivity index (χ1n) is 10.5. The lowest BCUT2D eigenvalue weighted by Gasteiger charge is -2.34. The van der Waals surface area contributed by atoms with Crippen LogP contribution in [0.2, 0.25) is 10.0 Å². The first-order chi connectivity index (χ1) is 15.4. The van der Waals surface area contributed by atoms with Gasteiger partial charge in [0.2, 0.25) is 0 Å². The predicted octanol–water partition coefficient (Wildman–Crippen LogP) is 5.14. The number of carbonyl (C=O) groups is 1. The number of para-hydroxylation sites is 1. The van der Waals surface area contributed by atoms with Crippen LogP contribution in [-0.2, 0) is 13.2 Å². The maximum absolute atomic E-state index is 13.2. The molecule has 0 N–H and O–H groups in total. The Hall–Kier alpha value is -2.54. The molecule has 0 radical (unpaired) electrons. The summed E-state index contributed by atoms with van der Waals surface area (Å²) < 4.78 is 11.3. The molecule has 4 rings (SSSR count). The van der Waals surface area contributed by atoms with E-state index in [9.17, 15) is 4.79 Å². The van der Waals surface area contributed by atoms with E-state index in [1.54, 1.807) is 13.0 Å². The molecule has 1 aliphatic rings. The van der Waals surface area contributed by atoms with Gasteiger partial charge in [-0.25, -0.2) is 0 Å². The Kier molecular flexibility index (Phi) is 7.04. The molecule has 32 heavy (non-hydrogen) atoms. The van der Waals surface area contributed by atoms with E-state index in [2.05, 4.69) is 10.1 Å². The summed E-state index contributed by atoms with van der Waals surface area (Å²) in [5.74, 6) is 1.24. The van der Waals surface area contributed by atoms with Gasteiger partial charge in [0.15, 0.2) is 5.69 Å². The number of rotatable bonds is 6. The Morgan fingerprint density at radius 3 is 2.56 bits per heavy atom. The molecule has 6 nitrogen and oxygen atoms in total. The second-order valence-corrected chi connectivity index (χ2v) is 8.77. The van der Waals surface area contributed by atoms with Gasteiger partial charge in [-0.05, 0) is 43.2 Å². The highest BCUT2D eigenvalue weighted by atomic mass is 35.5. The molecule has 1 fully saturated rings. The minimum absolute atomic E-state index is 0.130. The average Bonchev–Trinajstić information content (AvgIpc) is 3.15. The highest BCUT2D eigenvalue weighted by Crippen LogP contribution is 2.24. The second-order valence-electron chi connectivity index (χ2n) is 7.92. The van der Waals surface area contributed by atoms with Gasteiger partial charge in [0, 0.05) is 42.8 Å². The SMILES string of the molecule is Cc1ccccc1OCc1c(C(=O)N2CCN(Cc3ccc(Cl)cc3Cl)CC2)noc1C. The smallest absolute Gasteiger partial charge is 0.276 e. The first-order valence-corrected chi connectivity index (χ1v) is 11.3. The van der Waals surface area contributed by atoms with Gasteiger partial charge in [-0.2, -0.15) is 0 Å². The largest absolute Gasteiger partial charge is 0.488 e. The summed E-state index contributed by atoms with van der Waals surface area (Å²) in [6.45, 7) is 7.44. The molecule has 1 aliphatic heterocycles. The molecule has 8 heteroatoms. The molecule has 0 aliphatic carbocycles. The molecule has 0 bridgehead atoms. The zero-order chi connectivity index (χ0) is 22.7. The summed E-state index contributed by atoms with van der Waals surface area (Å²) in [6, 6.07) is 13.3. The van der Waals surface area contributed by atoms with Crippen LogP contribution >= 0.6 is 23.2 Å². The third-order valence-corrected chi connectivity index (χ3v) is 6.31. The Bertz CT molecular complexity index is 1110. The number of ether oxygens (including phenoxy) is 1. The van der Waals surface area contributed by atoms with Crippen LogP contribution in [0.15, 0.2) is 47.0 Å². The highest BCUT2D eigenvalue weighted by molar-refractivity contribution is 6.35. The van der Waals surface area contributed by atoms with Crippen molar-refractivity contribution >= 4 is 29.1 Å². The molecule has 1 amide bonds. The van der Waals surface area contributed by atoms with Crippen LogP contribution in [0.1, 0.15) is 32.9 Å². The maximum Gasteiger partial charge on any atom is 0.276 e. The predicted molar refractivity (Wildman–Crippen MR) is 124 cm³/mol. The zero-order valence-corrected chi connectivity index (χ0v) is 19.6. The van der Waals surface area contributed by atoms with Crippen molar-refractivity contribution in [1.29, 1.82) is 0 Å². The van der Waals surface area contributed by atoms with Crippen LogP contribution < -0.4 is 4.74 Å². The van der Waals surface area contributed by atoms with Crippen LogP contribution in [0.4, 0.5) is 0 Å². The standard InChI is InChI=1S/C24H25Cl2N3O3/c1-16-5-3-4-6-22(16)31-15-20-17(2)32-27-23(20)24(30)29-11-9-28(10-12-29)14-18-7-8-19(25)13-21(18)26/h3-8,13H,9-12,14-15H2,1-2H3. The molecule has 3 aromatic rings. The van der Waals surface area contributed by atoms with Crippen molar-refractivity contribution in [2.24, 2.45) is 0 Å². The van der Waals surface area contributed by atoms with Gasteiger partial charge in [0.25, 0.3) is 5.91 Å². The van der Waals surface area contributed by atoms with Gasteiger partial charge < -0.3 is 14.2 Å². The molecule has 1 saturated heterocycles. The summed E-state index contributed by atoms with van der Waals surface area (Å²) >= 11 is 12.3. The number of aryl methyl sites for hydroxylation is 2. The molecule has 0 saturated carbocycles. The number of carbonyl (C=O) groups excluding carboxylic acids is 1. The molecule has 168 valence electrons. The molecular formula is C24H25Cl2N3O3. The monoisotopic (exact) mass is 473 g/mol. The van der Waals surface area contributed by atoms with Gasteiger partial charge in [-0.1, -0.05) is 52.6 Å². The minimum atomic E-state index is -0.130. The molecular weight excluding hydrogens is 449 g/mol. The van der Waals surface area contributed by atoms with E-state index >= 15 is 0 Å². The average molecular weight is 474 g/mol. The van der Waals surface area contributed by atoms with E-state index in [0.29, 0.717) is 40.2 Å². The molecule has 1 aromatic heterocycles. The minimum Gasteiger partial charge on any atom is -0.488 e. The fourth-order valence-electron chi connectivity index (χ4n) is 3.75. The van der Waals surface area contributed by atoms with Crippen LogP contribution in [0.5, 0.6) is 5.75 Å². The van der Waals surface area contributed by atoms with Crippen molar-refractivity contribution in [2.45, 2.75) is 27.0 Å². The summed E-state index contributed by atoms with van der Waals surface area (Å²) in [6.07, 6.45) is 0. The van der Waals surface area contributed by atoms with Crippen molar-refractivity contribution in [2.75, 3.05) is 26.2 Å². The third kappa shape index (κ3) is 5.09. The Balaban J connectivity index is 1.37. The van der Waals surface area contributed by atoms with Gasteiger partial charge in [0.1, 0.15) is 18.1 Å². The van der Waals surface area contributed by atoms with Gasteiger partial charge in [-0.15, -0.1) is 0 Å². The van der Waals surface area contributed by atoms with Crippen LogP contribution in [-0.4, -0.2) is 47.0 Å². The van der Waals surface area contributed by atoms with Crippen LogP contribution in [0.25, 0.3) is 0 Å². The topological polar surface area (TPSA) is 58.8 Å². The van der Waals surface area contributed by atoms with Crippen molar-refractivity contribution in [3.8, 4) is 5.75 Å². The molecule has 0 spiro atoms. The van der Waals surface area contributed by atoms with Crippen molar-refractivity contribution in [1.82, 2.24) is 15.0 Å². The van der Waals surface area contributed by atoms with E-state index in [1.807, 2.05) is 48.2 Å². The lowest BCUT2D eigenvalue weighted by Crippen LogP contribution is -2.48.